The molecule has 0 N–H and O–H groups in total. The fraction of sp³-hybridized carbons (Fsp3) is 0.583. The van der Waals surface area contributed by atoms with Crippen LogP contribution in [0.2, 0.25) is 0 Å². The summed E-state index contributed by atoms with van der Waals surface area (Å²) < 4.78 is 0. The van der Waals surface area contributed by atoms with E-state index in [1.165, 1.54) is 30.6 Å². The van der Waals surface area contributed by atoms with E-state index in [1.807, 2.05) is 6.20 Å². The first-order valence-corrected chi connectivity index (χ1v) is 5.47. The molecule has 0 bridgehead atoms. The van der Waals surface area contributed by atoms with E-state index >= 15 is 0 Å². The Morgan fingerprint density at radius 2 is 2.43 bits per heavy atom. The number of aryl methyl sites for hydroxylation is 1. The Morgan fingerprint density at radius 3 is 3.07 bits per heavy atom. The van der Waals surface area contributed by atoms with Crippen molar-refractivity contribution in [3.05, 3.63) is 29.6 Å². The van der Waals surface area contributed by atoms with Crippen LogP contribution in [-0.4, -0.2) is 23.5 Å². The molecule has 0 aliphatic carbocycles. The normalized spacial score (nSPS) is 22.9. The van der Waals surface area contributed by atoms with Crippen molar-refractivity contribution in [2.24, 2.45) is 0 Å². The van der Waals surface area contributed by atoms with Gasteiger partial charge in [0, 0.05) is 17.9 Å². The van der Waals surface area contributed by atoms with Gasteiger partial charge < -0.3 is 0 Å². The van der Waals surface area contributed by atoms with Crippen LogP contribution in [0.4, 0.5) is 0 Å². The predicted molar refractivity (Wildman–Crippen MR) is 58.2 cm³/mol. The van der Waals surface area contributed by atoms with Crippen LogP contribution in [0.3, 0.4) is 0 Å². The van der Waals surface area contributed by atoms with Crippen molar-refractivity contribution < 1.29 is 0 Å². The average molecular weight is 190 g/mol. The second-order valence-corrected chi connectivity index (χ2v) is 4.03. The van der Waals surface area contributed by atoms with Crippen molar-refractivity contribution >= 4 is 0 Å². The van der Waals surface area contributed by atoms with Crippen LogP contribution in [-0.2, 0) is 6.42 Å². The molecule has 2 nitrogen and oxygen atoms in total. The third-order valence-corrected chi connectivity index (χ3v) is 3.14. The topological polar surface area (TPSA) is 16.1 Å². The molecule has 1 aliphatic rings. The van der Waals surface area contributed by atoms with Crippen LogP contribution in [0.1, 0.15) is 37.1 Å². The lowest BCUT2D eigenvalue weighted by Crippen LogP contribution is -2.19. The summed E-state index contributed by atoms with van der Waals surface area (Å²) in [7, 11) is 2.21. The summed E-state index contributed by atoms with van der Waals surface area (Å²) in [6.07, 6.45) is 5.55. The molecule has 1 saturated heterocycles. The van der Waals surface area contributed by atoms with Crippen LogP contribution in [0.5, 0.6) is 0 Å². The fourth-order valence-corrected chi connectivity index (χ4v) is 2.35. The molecule has 1 atom stereocenters. The van der Waals surface area contributed by atoms with Gasteiger partial charge in [-0.25, -0.2) is 0 Å². The van der Waals surface area contributed by atoms with Gasteiger partial charge in [0.2, 0.25) is 0 Å². The summed E-state index contributed by atoms with van der Waals surface area (Å²) in [5.74, 6) is 0. The zero-order valence-electron chi connectivity index (χ0n) is 9.03. The molecule has 0 aromatic carbocycles. The maximum absolute atomic E-state index is 4.45. The summed E-state index contributed by atoms with van der Waals surface area (Å²) >= 11 is 0. The maximum atomic E-state index is 4.45. The molecule has 0 unspecified atom stereocenters. The summed E-state index contributed by atoms with van der Waals surface area (Å²) in [6.45, 7) is 3.41. The Labute approximate surface area is 86.0 Å². The minimum absolute atomic E-state index is 0.610. The summed E-state index contributed by atoms with van der Waals surface area (Å²) in [6, 6.07) is 4.90. The molecule has 0 radical (unpaired) electrons. The summed E-state index contributed by atoms with van der Waals surface area (Å²) in [5.41, 5.74) is 2.71. The predicted octanol–water partition coefficient (Wildman–Crippen LogP) is 2.41. The number of rotatable bonds is 2. The monoisotopic (exact) mass is 190 g/mol. The van der Waals surface area contributed by atoms with Gasteiger partial charge in [0.1, 0.15) is 0 Å². The van der Waals surface area contributed by atoms with Gasteiger partial charge in [-0.2, -0.15) is 0 Å². The first kappa shape index (κ1) is 9.66. The van der Waals surface area contributed by atoms with Crippen LogP contribution >= 0.6 is 0 Å². The third kappa shape index (κ3) is 1.67. The average Bonchev–Trinajstić information content (AvgIpc) is 2.64. The van der Waals surface area contributed by atoms with E-state index in [9.17, 15) is 0 Å². The Hall–Kier alpha value is -0.890. The molecule has 0 spiro atoms. The lowest BCUT2D eigenvalue weighted by Gasteiger charge is -2.21. The van der Waals surface area contributed by atoms with Crippen molar-refractivity contribution in [3.8, 4) is 0 Å². The smallest absolute Gasteiger partial charge is 0.0448 e. The number of pyridine rings is 1. The SMILES string of the molecule is CCc1ncccc1[C@@H]1CCCN1C. The van der Waals surface area contributed by atoms with E-state index in [0.717, 1.165) is 6.42 Å². The highest BCUT2D eigenvalue weighted by molar-refractivity contribution is 5.24. The summed E-state index contributed by atoms with van der Waals surface area (Å²) in [5, 5.41) is 0. The van der Waals surface area contributed by atoms with Crippen molar-refractivity contribution in [1.82, 2.24) is 9.88 Å². The Morgan fingerprint density at radius 1 is 1.57 bits per heavy atom. The second kappa shape index (κ2) is 4.09. The fourth-order valence-electron chi connectivity index (χ4n) is 2.35. The lowest BCUT2D eigenvalue weighted by molar-refractivity contribution is 0.315. The van der Waals surface area contributed by atoms with Crippen LogP contribution in [0.25, 0.3) is 0 Å². The highest BCUT2D eigenvalue weighted by atomic mass is 15.1. The standard InChI is InChI=1S/C12H18N2/c1-3-11-10(6-4-8-13-11)12-7-5-9-14(12)2/h4,6,8,12H,3,5,7,9H2,1-2H3/t12-/m0/s1. The van der Waals surface area contributed by atoms with Crippen LogP contribution < -0.4 is 0 Å². The molecule has 76 valence electrons. The van der Waals surface area contributed by atoms with Gasteiger partial charge in [-0.05, 0) is 44.5 Å². The molecule has 1 fully saturated rings. The van der Waals surface area contributed by atoms with Crippen molar-refractivity contribution in [2.45, 2.75) is 32.2 Å². The molecule has 0 amide bonds. The number of nitrogens with zero attached hydrogens (tertiary/aromatic N) is 2. The van der Waals surface area contributed by atoms with Crippen molar-refractivity contribution in [1.29, 1.82) is 0 Å². The van der Waals surface area contributed by atoms with Gasteiger partial charge in [-0.1, -0.05) is 13.0 Å². The highest BCUT2D eigenvalue weighted by Crippen LogP contribution is 2.31. The van der Waals surface area contributed by atoms with E-state index in [2.05, 4.69) is 36.0 Å². The quantitative estimate of drug-likeness (QED) is 0.712. The minimum Gasteiger partial charge on any atom is -0.299 e. The van der Waals surface area contributed by atoms with Gasteiger partial charge in [0.05, 0.1) is 0 Å². The molecule has 1 aromatic rings. The van der Waals surface area contributed by atoms with E-state index < -0.39 is 0 Å². The second-order valence-electron chi connectivity index (χ2n) is 4.03. The Bertz CT molecular complexity index is 309. The molecule has 2 heterocycles. The van der Waals surface area contributed by atoms with E-state index in [4.69, 9.17) is 0 Å². The number of hydrogen-bond acceptors (Lipinski definition) is 2. The van der Waals surface area contributed by atoms with Crippen LogP contribution in [0, 0.1) is 0 Å². The van der Waals surface area contributed by atoms with E-state index in [1.54, 1.807) is 0 Å². The highest BCUT2D eigenvalue weighted by Gasteiger charge is 2.24. The molecular formula is C12H18N2. The largest absolute Gasteiger partial charge is 0.299 e. The van der Waals surface area contributed by atoms with E-state index in [-0.39, 0.29) is 0 Å². The molecule has 0 saturated carbocycles. The summed E-state index contributed by atoms with van der Waals surface area (Å²) in [4.78, 5) is 6.89. The van der Waals surface area contributed by atoms with Crippen LogP contribution in [0.15, 0.2) is 18.3 Å². The van der Waals surface area contributed by atoms with Gasteiger partial charge in [0.25, 0.3) is 0 Å². The molecule has 14 heavy (non-hydrogen) atoms. The van der Waals surface area contributed by atoms with Gasteiger partial charge in [-0.15, -0.1) is 0 Å². The molecule has 1 aliphatic heterocycles. The molecule has 1 aromatic heterocycles. The zero-order valence-corrected chi connectivity index (χ0v) is 9.03. The maximum Gasteiger partial charge on any atom is 0.0448 e. The lowest BCUT2D eigenvalue weighted by atomic mass is 10.0. The molecule has 2 rings (SSSR count). The Balaban J connectivity index is 2.30. The number of likely N-dealkylation sites (tertiary alicyclic amines) is 1. The molecule has 2 heteroatoms. The van der Waals surface area contributed by atoms with Gasteiger partial charge >= 0.3 is 0 Å². The number of aromatic nitrogens is 1. The molecular weight excluding hydrogens is 172 g/mol. The third-order valence-electron chi connectivity index (χ3n) is 3.14. The van der Waals surface area contributed by atoms with E-state index in [0.29, 0.717) is 6.04 Å². The number of hydrogen-bond donors (Lipinski definition) is 0. The van der Waals surface area contributed by atoms with Gasteiger partial charge in [-0.3, -0.25) is 9.88 Å². The zero-order chi connectivity index (χ0) is 9.97. The van der Waals surface area contributed by atoms with Crippen molar-refractivity contribution in [2.75, 3.05) is 13.6 Å². The van der Waals surface area contributed by atoms with Gasteiger partial charge in [0.15, 0.2) is 0 Å². The Kier molecular flexibility index (Phi) is 2.82. The van der Waals surface area contributed by atoms with Crippen molar-refractivity contribution in [3.63, 3.8) is 0 Å². The first-order chi connectivity index (χ1) is 6.83. The first-order valence-electron chi connectivity index (χ1n) is 5.47. The minimum atomic E-state index is 0.610.